The molecule has 1 aromatic carbocycles. The Hall–Kier alpha value is -1.63. The third kappa shape index (κ3) is 4.97. The Morgan fingerprint density at radius 3 is 2.44 bits per heavy atom. The van der Waals surface area contributed by atoms with E-state index in [1.807, 2.05) is 30.3 Å². The van der Waals surface area contributed by atoms with Gasteiger partial charge in [-0.2, -0.15) is 0 Å². The normalized spacial score (nSPS) is 32.7. The summed E-state index contributed by atoms with van der Waals surface area (Å²) in [5.41, 5.74) is -1.15. The number of methoxy groups -OCH3 is 3. The first-order chi connectivity index (χ1) is 15.3. The lowest BCUT2D eigenvalue weighted by Crippen LogP contribution is -2.63. The second-order valence-corrected chi connectivity index (χ2v) is 8.07. The van der Waals surface area contributed by atoms with E-state index >= 15 is 0 Å². The summed E-state index contributed by atoms with van der Waals surface area (Å²) in [5.74, 6) is -1.78. The van der Waals surface area contributed by atoms with Gasteiger partial charge in [0.2, 0.25) is 5.60 Å². The van der Waals surface area contributed by atoms with Crippen LogP contribution in [0.2, 0.25) is 0 Å². The smallest absolute Gasteiger partial charge is 0.344 e. The van der Waals surface area contributed by atoms with Gasteiger partial charge in [0, 0.05) is 14.2 Å². The second-order valence-electron chi connectivity index (χ2n) is 8.07. The molecule has 1 N–H and O–H groups in total. The molecule has 3 rings (SSSR count). The van der Waals surface area contributed by atoms with Crippen LogP contribution in [-0.2, 0) is 49.3 Å². The Balaban J connectivity index is 1.98. The lowest BCUT2D eigenvalue weighted by Gasteiger charge is -2.38. The fourth-order valence-corrected chi connectivity index (χ4v) is 4.02. The van der Waals surface area contributed by atoms with Crippen molar-refractivity contribution in [2.75, 3.05) is 34.7 Å². The van der Waals surface area contributed by atoms with Crippen LogP contribution >= 0.6 is 0 Å². The Labute approximate surface area is 187 Å². The fraction of sp³-hybridized carbons (Fsp3) is 0.682. The van der Waals surface area contributed by atoms with Gasteiger partial charge in [0.1, 0.15) is 31.2 Å². The van der Waals surface area contributed by atoms with Crippen molar-refractivity contribution in [1.82, 2.24) is 0 Å². The van der Waals surface area contributed by atoms with Gasteiger partial charge in [-0.15, -0.1) is 0 Å². The van der Waals surface area contributed by atoms with Crippen LogP contribution in [0, 0.1) is 0 Å². The third-order valence-corrected chi connectivity index (χ3v) is 5.51. The van der Waals surface area contributed by atoms with Gasteiger partial charge in [-0.25, -0.2) is 4.79 Å². The van der Waals surface area contributed by atoms with Crippen LogP contribution in [0.25, 0.3) is 0 Å². The van der Waals surface area contributed by atoms with Crippen molar-refractivity contribution in [2.45, 2.75) is 62.5 Å². The number of aliphatic hydroxyl groups is 1. The minimum Gasteiger partial charge on any atom is -0.467 e. The van der Waals surface area contributed by atoms with Gasteiger partial charge in [-0.1, -0.05) is 30.3 Å². The van der Waals surface area contributed by atoms with E-state index in [1.54, 1.807) is 13.8 Å². The number of esters is 1. The maximum Gasteiger partial charge on any atom is 0.344 e. The quantitative estimate of drug-likeness (QED) is 0.404. The number of carbonyl (C=O) groups excluding carboxylic acids is 1. The molecule has 2 aliphatic heterocycles. The molecular weight excluding hydrogens is 424 g/mol. The van der Waals surface area contributed by atoms with Crippen molar-refractivity contribution >= 4 is 5.97 Å². The number of aliphatic hydroxyl groups excluding tert-OH is 1. The van der Waals surface area contributed by atoms with E-state index in [2.05, 4.69) is 0 Å². The molecule has 0 aromatic heterocycles. The molecule has 10 heteroatoms. The van der Waals surface area contributed by atoms with Crippen LogP contribution in [0.3, 0.4) is 0 Å². The molecule has 2 aliphatic rings. The van der Waals surface area contributed by atoms with Gasteiger partial charge in [0.15, 0.2) is 12.1 Å². The zero-order valence-corrected chi connectivity index (χ0v) is 19.0. The van der Waals surface area contributed by atoms with Crippen LogP contribution in [0.1, 0.15) is 19.4 Å². The van der Waals surface area contributed by atoms with E-state index in [0.717, 1.165) is 5.56 Å². The molecule has 32 heavy (non-hydrogen) atoms. The summed E-state index contributed by atoms with van der Waals surface area (Å²) in [4.78, 5) is 13.2. The Morgan fingerprint density at radius 1 is 1.16 bits per heavy atom. The van der Waals surface area contributed by atoms with E-state index < -0.39 is 48.1 Å². The standard InChI is InChI=1S/C22H32O10/c1-21(2)30-12-15(31-21)17(23)22(20(24)27-5)18(28-11-14-9-7-6-8-10-14)16(29-13-25-3)19(26-4)32-22/h6-10,15-19,23H,11-13H2,1-5H3/t15-,16-,17?,18-,19+,22+/m1/s1. The van der Waals surface area contributed by atoms with Gasteiger partial charge >= 0.3 is 5.97 Å². The van der Waals surface area contributed by atoms with Gasteiger partial charge in [-0.3, -0.25) is 0 Å². The predicted octanol–water partition coefficient (Wildman–Crippen LogP) is 0.988. The Bertz CT molecular complexity index is 741. The molecule has 0 amide bonds. The molecule has 0 spiro atoms. The SMILES string of the molecule is COCO[C@H]1[C@@H](OC)O[C@@](C(=O)OC)(C(O)[C@H]2COC(C)(C)O2)[C@@H]1OCc1ccccc1. The van der Waals surface area contributed by atoms with E-state index in [4.69, 9.17) is 37.9 Å². The third-order valence-electron chi connectivity index (χ3n) is 5.51. The first-order valence-electron chi connectivity index (χ1n) is 10.3. The molecule has 0 radical (unpaired) electrons. The Kier molecular flexibility index (Phi) is 8.23. The summed E-state index contributed by atoms with van der Waals surface area (Å²) < 4.78 is 44.9. The molecule has 0 bridgehead atoms. The van der Waals surface area contributed by atoms with Crippen molar-refractivity contribution in [2.24, 2.45) is 0 Å². The molecule has 6 atom stereocenters. The van der Waals surface area contributed by atoms with E-state index in [0.29, 0.717) is 0 Å². The first kappa shape index (κ1) is 25.0. The fourth-order valence-electron chi connectivity index (χ4n) is 4.02. The van der Waals surface area contributed by atoms with Gasteiger partial charge < -0.3 is 43.0 Å². The zero-order chi connectivity index (χ0) is 23.4. The van der Waals surface area contributed by atoms with Crippen molar-refractivity contribution in [3.8, 4) is 0 Å². The van der Waals surface area contributed by atoms with Crippen molar-refractivity contribution < 1.29 is 47.8 Å². The number of hydrogen-bond donors (Lipinski definition) is 1. The molecule has 180 valence electrons. The molecule has 2 heterocycles. The van der Waals surface area contributed by atoms with E-state index in [-0.39, 0.29) is 20.0 Å². The van der Waals surface area contributed by atoms with E-state index in [1.165, 1.54) is 21.3 Å². The van der Waals surface area contributed by atoms with Gasteiger partial charge in [0.25, 0.3) is 0 Å². The molecule has 10 nitrogen and oxygen atoms in total. The number of benzene rings is 1. The molecule has 0 saturated carbocycles. The highest BCUT2D eigenvalue weighted by atomic mass is 16.8. The summed E-state index contributed by atoms with van der Waals surface area (Å²) in [6, 6.07) is 9.38. The largest absolute Gasteiger partial charge is 0.467 e. The maximum atomic E-state index is 13.2. The van der Waals surface area contributed by atoms with Gasteiger partial charge in [-0.05, 0) is 19.4 Å². The average molecular weight is 456 g/mol. The monoisotopic (exact) mass is 456 g/mol. The molecule has 2 fully saturated rings. The second kappa shape index (κ2) is 10.5. The molecule has 2 saturated heterocycles. The average Bonchev–Trinajstić information content (AvgIpc) is 3.33. The minimum atomic E-state index is -2.00. The first-order valence-corrected chi connectivity index (χ1v) is 10.3. The number of ether oxygens (including phenoxy) is 8. The highest BCUT2D eigenvalue weighted by Gasteiger charge is 2.68. The zero-order valence-electron chi connectivity index (χ0n) is 19.0. The van der Waals surface area contributed by atoms with Crippen molar-refractivity contribution in [3.63, 3.8) is 0 Å². The lowest BCUT2D eigenvalue weighted by atomic mass is 9.86. The van der Waals surface area contributed by atoms with Crippen LogP contribution in [0.5, 0.6) is 0 Å². The highest BCUT2D eigenvalue weighted by Crippen LogP contribution is 2.42. The number of rotatable bonds is 10. The number of hydrogen-bond acceptors (Lipinski definition) is 10. The predicted molar refractivity (Wildman–Crippen MR) is 109 cm³/mol. The van der Waals surface area contributed by atoms with Crippen LogP contribution in [0.15, 0.2) is 30.3 Å². The van der Waals surface area contributed by atoms with Crippen molar-refractivity contribution in [1.29, 1.82) is 0 Å². The highest BCUT2D eigenvalue weighted by molar-refractivity contribution is 5.82. The number of carbonyl (C=O) groups is 1. The molecule has 1 unspecified atom stereocenters. The summed E-state index contributed by atoms with van der Waals surface area (Å²) >= 11 is 0. The summed E-state index contributed by atoms with van der Waals surface area (Å²) in [6.07, 6.45) is -5.46. The van der Waals surface area contributed by atoms with Gasteiger partial charge in [0.05, 0.1) is 20.3 Å². The van der Waals surface area contributed by atoms with Crippen LogP contribution in [-0.4, -0.2) is 87.9 Å². The maximum absolute atomic E-state index is 13.2. The molecular formula is C22H32O10. The minimum absolute atomic E-state index is 0.0446. The topological polar surface area (TPSA) is 111 Å². The van der Waals surface area contributed by atoms with E-state index in [9.17, 15) is 9.90 Å². The lowest BCUT2D eigenvalue weighted by molar-refractivity contribution is -0.243. The van der Waals surface area contributed by atoms with Crippen molar-refractivity contribution in [3.05, 3.63) is 35.9 Å². The molecule has 0 aliphatic carbocycles. The molecule has 1 aromatic rings. The van der Waals surface area contributed by atoms with Crippen LogP contribution in [0.4, 0.5) is 0 Å². The summed E-state index contributed by atoms with van der Waals surface area (Å²) in [7, 11) is 4.07. The van der Waals surface area contributed by atoms with Crippen LogP contribution < -0.4 is 0 Å². The summed E-state index contributed by atoms with van der Waals surface area (Å²) in [6.45, 7) is 3.49. The summed E-state index contributed by atoms with van der Waals surface area (Å²) in [5, 5.41) is 11.4. The Morgan fingerprint density at radius 2 is 1.88 bits per heavy atom.